The van der Waals surface area contributed by atoms with Crippen molar-refractivity contribution in [3.05, 3.63) is 113 Å². The van der Waals surface area contributed by atoms with Crippen LogP contribution < -0.4 is 23.8 Å². The lowest BCUT2D eigenvalue weighted by molar-refractivity contribution is -0.140. The Labute approximate surface area is 280 Å². The molecule has 0 saturated carbocycles. The van der Waals surface area contributed by atoms with Gasteiger partial charge in [0.15, 0.2) is 11.5 Å². The Bertz CT molecular complexity index is 1770. The highest BCUT2D eigenvalue weighted by molar-refractivity contribution is 7.92. The molecular weight excluding hydrogens is 642 g/mol. The van der Waals surface area contributed by atoms with Gasteiger partial charge >= 0.3 is 0 Å². The number of benzene rings is 4. The number of halogens is 1. The van der Waals surface area contributed by atoms with E-state index in [1.54, 1.807) is 37.3 Å². The van der Waals surface area contributed by atoms with Crippen molar-refractivity contribution >= 4 is 39.1 Å². The van der Waals surface area contributed by atoms with E-state index in [2.05, 4.69) is 5.32 Å². The van der Waals surface area contributed by atoms with E-state index in [9.17, 15) is 18.0 Å². The number of nitrogens with zero attached hydrogens (tertiary/aromatic N) is 2. The van der Waals surface area contributed by atoms with Crippen LogP contribution in [-0.4, -0.2) is 65.6 Å². The molecule has 1 atom stereocenters. The molecule has 0 aromatic heterocycles. The summed E-state index contributed by atoms with van der Waals surface area (Å²) in [4.78, 5) is 29.5. The summed E-state index contributed by atoms with van der Waals surface area (Å²) in [5, 5.41) is 3.24. The largest absolute Gasteiger partial charge is 0.497 e. The fraction of sp³-hybridized carbons (Fsp3) is 0.257. The molecule has 4 aromatic rings. The van der Waals surface area contributed by atoms with Crippen molar-refractivity contribution in [3.8, 4) is 17.2 Å². The van der Waals surface area contributed by atoms with Gasteiger partial charge in [-0.05, 0) is 66.6 Å². The van der Waals surface area contributed by atoms with Crippen molar-refractivity contribution in [1.29, 1.82) is 0 Å². The highest BCUT2D eigenvalue weighted by Crippen LogP contribution is 2.33. The van der Waals surface area contributed by atoms with Crippen molar-refractivity contribution in [2.75, 3.05) is 38.7 Å². The van der Waals surface area contributed by atoms with Gasteiger partial charge in [0.2, 0.25) is 11.8 Å². The minimum absolute atomic E-state index is 0.00946. The smallest absolute Gasteiger partial charge is 0.264 e. The molecule has 0 radical (unpaired) electrons. The molecule has 0 bridgehead atoms. The van der Waals surface area contributed by atoms with E-state index in [-0.39, 0.29) is 35.2 Å². The first-order valence-corrected chi connectivity index (χ1v) is 16.7. The van der Waals surface area contributed by atoms with Gasteiger partial charge in [-0.2, -0.15) is 0 Å². The van der Waals surface area contributed by atoms with Crippen LogP contribution in [0.5, 0.6) is 17.2 Å². The Kier molecular flexibility index (Phi) is 12.1. The maximum Gasteiger partial charge on any atom is 0.264 e. The summed E-state index contributed by atoms with van der Waals surface area (Å²) in [6.07, 6.45) is 0.200. The van der Waals surface area contributed by atoms with Crippen molar-refractivity contribution in [2.45, 2.75) is 30.8 Å². The van der Waals surface area contributed by atoms with Gasteiger partial charge < -0.3 is 24.4 Å². The molecule has 4 aromatic carbocycles. The van der Waals surface area contributed by atoms with Crippen LogP contribution >= 0.6 is 11.6 Å². The number of hydrogen-bond acceptors (Lipinski definition) is 7. The number of carbonyl (C=O) groups excluding carboxylic acids is 2. The van der Waals surface area contributed by atoms with Crippen LogP contribution in [0.3, 0.4) is 0 Å². The maximum atomic E-state index is 14.5. The number of rotatable bonds is 15. The lowest BCUT2D eigenvalue weighted by atomic mass is 10.0. The predicted octanol–water partition coefficient (Wildman–Crippen LogP) is 5.34. The average Bonchev–Trinajstić information content (AvgIpc) is 3.09. The minimum Gasteiger partial charge on any atom is -0.497 e. The van der Waals surface area contributed by atoms with Crippen molar-refractivity contribution < 1.29 is 32.2 Å². The molecular formula is C35H38ClN3O7S. The van der Waals surface area contributed by atoms with E-state index in [1.165, 1.54) is 56.6 Å². The molecule has 2 amide bonds. The molecule has 47 heavy (non-hydrogen) atoms. The van der Waals surface area contributed by atoms with Gasteiger partial charge in [-0.25, -0.2) is 8.42 Å². The molecule has 1 N–H and O–H groups in total. The highest BCUT2D eigenvalue weighted by atomic mass is 35.5. The summed E-state index contributed by atoms with van der Waals surface area (Å²) < 4.78 is 45.7. The maximum absolute atomic E-state index is 14.5. The van der Waals surface area contributed by atoms with Crippen molar-refractivity contribution in [2.24, 2.45) is 0 Å². The van der Waals surface area contributed by atoms with Gasteiger partial charge in [0.05, 0.1) is 31.9 Å². The molecule has 10 nitrogen and oxygen atoms in total. The van der Waals surface area contributed by atoms with Gasteiger partial charge in [0, 0.05) is 30.6 Å². The fourth-order valence-corrected chi connectivity index (χ4v) is 6.61. The summed E-state index contributed by atoms with van der Waals surface area (Å²) in [7, 11) is 0.0234. The number of hydrogen-bond donors (Lipinski definition) is 1. The van der Waals surface area contributed by atoms with Crippen LogP contribution in [0.4, 0.5) is 5.69 Å². The molecule has 0 aliphatic rings. The standard InChI is InChI=1S/C35H38ClN3O7S/c1-5-37-35(41)31(21-25-10-7-6-8-11-25)38(23-26-12-9-13-29(20-26)44-2)34(40)24-39(28-16-14-27(36)15-17-28)47(42,43)30-18-19-32(45-3)33(22-30)46-4/h6-20,22,31H,5,21,23-24H2,1-4H3,(H,37,41)/t31-/m1/s1. The number of methoxy groups -OCH3 is 3. The zero-order valence-corrected chi connectivity index (χ0v) is 28.3. The molecule has 12 heteroatoms. The second-order valence-corrected chi connectivity index (χ2v) is 12.8. The Morgan fingerprint density at radius 1 is 0.809 bits per heavy atom. The van der Waals surface area contributed by atoms with Gasteiger partial charge in [-0.3, -0.25) is 13.9 Å². The Morgan fingerprint density at radius 3 is 2.13 bits per heavy atom. The number of sulfonamides is 1. The van der Waals surface area contributed by atoms with Crippen LogP contribution in [0, 0.1) is 0 Å². The van der Waals surface area contributed by atoms with E-state index < -0.39 is 28.5 Å². The molecule has 248 valence electrons. The summed E-state index contributed by atoms with van der Waals surface area (Å²) in [5.74, 6) is 0.157. The molecule has 0 unspecified atom stereocenters. The van der Waals surface area contributed by atoms with Crippen LogP contribution in [0.15, 0.2) is 102 Å². The molecule has 0 aliphatic carbocycles. The van der Waals surface area contributed by atoms with Crippen molar-refractivity contribution in [1.82, 2.24) is 10.2 Å². The monoisotopic (exact) mass is 679 g/mol. The first kappa shape index (κ1) is 35.1. The Hall–Kier alpha value is -4.74. The van der Waals surface area contributed by atoms with E-state index >= 15 is 0 Å². The second kappa shape index (κ2) is 16.2. The van der Waals surface area contributed by atoms with Gasteiger partial charge in [-0.15, -0.1) is 0 Å². The molecule has 0 fully saturated rings. The number of carbonyl (C=O) groups is 2. The molecule has 4 rings (SSSR count). The fourth-order valence-electron chi connectivity index (χ4n) is 5.05. The normalized spacial score (nSPS) is 11.7. The number of likely N-dealkylation sites (N-methyl/N-ethyl adjacent to an activating group) is 1. The second-order valence-electron chi connectivity index (χ2n) is 10.5. The molecule has 0 aliphatic heterocycles. The third-order valence-corrected chi connectivity index (χ3v) is 9.47. The predicted molar refractivity (Wildman–Crippen MR) is 182 cm³/mol. The lowest BCUT2D eigenvalue weighted by Gasteiger charge is -2.34. The summed E-state index contributed by atoms with van der Waals surface area (Å²) in [5.41, 5.74) is 1.73. The van der Waals surface area contributed by atoms with E-state index in [4.69, 9.17) is 25.8 Å². The summed E-state index contributed by atoms with van der Waals surface area (Å²) in [6, 6.07) is 25.8. The lowest BCUT2D eigenvalue weighted by Crippen LogP contribution is -2.53. The molecule has 0 heterocycles. The average molecular weight is 680 g/mol. The summed E-state index contributed by atoms with van der Waals surface area (Å²) >= 11 is 6.15. The highest BCUT2D eigenvalue weighted by Gasteiger charge is 2.35. The number of anilines is 1. The quantitative estimate of drug-likeness (QED) is 0.181. The third-order valence-electron chi connectivity index (χ3n) is 7.45. The Balaban J connectivity index is 1.82. The zero-order chi connectivity index (χ0) is 34.0. The SMILES string of the molecule is CCNC(=O)[C@@H](Cc1ccccc1)N(Cc1cccc(OC)c1)C(=O)CN(c1ccc(Cl)cc1)S(=O)(=O)c1ccc(OC)c(OC)c1. The van der Waals surface area contributed by atoms with Crippen LogP contribution in [-0.2, 0) is 32.6 Å². The first-order chi connectivity index (χ1) is 22.6. The zero-order valence-electron chi connectivity index (χ0n) is 26.7. The summed E-state index contributed by atoms with van der Waals surface area (Å²) in [6.45, 7) is 1.53. The number of ether oxygens (including phenoxy) is 3. The van der Waals surface area contributed by atoms with Crippen molar-refractivity contribution in [3.63, 3.8) is 0 Å². The van der Waals surface area contributed by atoms with E-state index in [0.29, 0.717) is 28.6 Å². The first-order valence-electron chi connectivity index (χ1n) is 14.9. The minimum atomic E-state index is -4.37. The topological polar surface area (TPSA) is 114 Å². The van der Waals surface area contributed by atoms with Gasteiger partial charge in [0.25, 0.3) is 10.0 Å². The third kappa shape index (κ3) is 8.75. The van der Waals surface area contributed by atoms with Crippen LogP contribution in [0.25, 0.3) is 0 Å². The van der Waals surface area contributed by atoms with Crippen LogP contribution in [0.1, 0.15) is 18.1 Å². The Morgan fingerprint density at radius 2 is 1.49 bits per heavy atom. The van der Waals surface area contributed by atoms with E-state index in [0.717, 1.165) is 9.87 Å². The van der Waals surface area contributed by atoms with Crippen LogP contribution in [0.2, 0.25) is 5.02 Å². The number of nitrogens with one attached hydrogen (secondary N) is 1. The van der Waals surface area contributed by atoms with Gasteiger partial charge in [-0.1, -0.05) is 54.1 Å². The molecule has 0 saturated heterocycles. The number of amides is 2. The molecule has 0 spiro atoms. The van der Waals surface area contributed by atoms with Gasteiger partial charge in [0.1, 0.15) is 18.3 Å². The van der Waals surface area contributed by atoms with E-state index in [1.807, 2.05) is 36.4 Å².